The van der Waals surface area contributed by atoms with Gasteiger partial charge in [0.2, 0.25) is 0 Å². The molecule has 1 N–H and O–H groups in total. The molecule has 0 aromatic carbocycles. The molecule has 0 fully saturated rings. The highest BCUT2D eigenvalue weighted by atomic mass is 16.3. The molecule has 0 bridgehead atoms. The third-order valence-electron chi connectivity index (χ3n) is 2.28. The molecule has 0 aliphatic rings. The molecule has 0 amide bonds. The molecular formula is C11H20O2. The summed E-state index contributed by atoms with van der Waals surface area (Å²) < 4.78 is 0. The Morgan fingerprint density at radius 1 is 1.54 bits per heavy atom. The van der Waals surface area contributed by atoms with E-state index in [-0.39, 0.29) is 6.10 Å². The van der Waals surface area contributed by atoms with Gasteiger partial charge in [-0.2, -0.15) is 0 Å². The van der Waals surface area contributed by atoms with Crippen molar-refractivity contribution in [3.8, 4) is 0 Å². The number of aliphatic hydroxyl groups excluding tert-OH is 1. The van der Waals surface area contributed by atoms with Crippen molar-refractivity contribution in [1.29, 1.82) is 0 Å². The molecule has 0 aliphatic heterocycles. The first-order chi connectivity index (χ1) is 6.11. The van der Waals surface area contributed by atoms with Gasteiger partial charge in [0.05, 0.1) is 6.10 Å². The number of carbonyl (C=O) groups excluding carboxylic acids is 1. The summed E-state index contributed by atoms with van der Waals surface area (Å²) >= 11 is 0. The van der Waals surface area contributed by atoms with E-state index in [9.17, 15) is 9.90 Å². The number of hydrogen-bond acceptors (Lipinski definition) is 2. The van der Waals surface area contributed by atoms with E-state index in [0.717, 1.165) is 24.7 Å². The van der Waals surface area contributed by atoms with Crippen LogP contribution in [0.1, 0.15) is 40.0 Å². The fourth-order valence-corrected chi connectivity index (χ4v) is 1.36. The molecule has 0 heterocycles. The highest BCUT2D eigenvalue weighted by Gasteiger charge is 2.13. The van der Waals surface area contributed by atoms with Gasteiger partial charge in [-0.3, -0.25) is 4.79 Å². The highest BCUT2D eigenvalue weighted by molar-refractivity contribution is 5.65. The first-order valence-corrected chi connectivity index (χ1v) is 4.90. The van der Waals surface area contributed by atoms with Gasteiger partial charge in [-0.15, -0.1) is 0 Å². The van der Waals surface area contributed by atoms with Gasteiger partial charge >= 0.3 is 0 Å². The maximum absolute atomic E-state index is 10.1. The van der Waals surface area contributed by atoms with Crippen molar-refractivity contribution in [3.05, 3.63) is 11.6 Å². The Morgan fingerprint density at radius 2 is 2.15 bits per heavy atom. The third-order valence-corrected chi connectivity index (χ3v) is 2.28. The number of aliphatic hydroxyl groups is 1. The zero-order valence-electron chi connectivity index (χ0n) is 8.79. The molecule has 2 heteroatoms. The van der Waals surface area contributed by atoms with Crippen molar-refractivity contribution in [2.24, 2.45) is 5.92 Å². The van der Waals surface area contributed by atoms with Crippen LogP contribution in [-0.2, 0) is 4.79 Å². The normalized spacial score (nSPS) is 16.8. The Labute approximate surface area is 80.7 Å². The number of hydrogen-bond donors (Lipinski definition) is 1. The number of aldehydes is 1. The zero-order valence-corrected chi connectivity index (χ0v) is 8.79. The highest BCUT2D eigenvalue weighted by Crippen LogP contribution is 2.16. The summed E-state index contributed by atoms with van der Waals surface area (Å²) in [5.74, 6) is 0.319. The molecule has 0 aliphatic carbocycles. The van der Waals surface area contributed by atoms with Gasteiger partial charge in [0.15, 0.2) is 0 Å². The lowest BCUT2D eigenvalue weighted by atomic mass is 9.94. The fraction of sp³-hybridized carbons (Fsp3) is 0.727. The van der Waals surface area contributed by atoms with Crippen LogP contribution in [0.4, 0.5) is 0 Å². The van der Waals surface area contributed by atoms with E-state index in [2.05, 4.69) is 6.92 Å². The second kappa shape index (κ2) is 6.84. The van der Waals surface area contributed by atoms with Crippen molar-refractivity contribution < 1.29 is 9.90 Å². The van der Waals surface area contributed by atoms with Crippen LogP contribution in [-0.4, -0.2) is 17.5 Å². The topological polar surface area (TPSA) is 37.3 Å². The van der Waals surface area contributed by atoms with Crippen molar-refractivity contribution in [2.45, 2.75) is 46.1 Å². The predicted octanol–water partition coefficient (Wildman–Crippen LogP) is 2.32. The van der Waals surface area contributed by atoms with Crippen LogP contribution in [0.15, 0.2) is 11.6 Å². The molecule has 0 saturated heterocycles. The summed E-state index contributed by atoms with van der Waals surface area (Å²) in [6, 6.07) is 0. The molecule has 0 spiro atoms. The molecule has 0 aromatic rings. The van der Waals surface area contributed by atoms with E-state index in [0.29, 0.717) is 12.3 Å². The van der Waals surface area contributed by atoms with Crippen LogP contribution < -0.4 is 0 Å². The predicted molar refractivity (Wildman–Crippen MR) is 54.5 cm³/mol. The summed E-state index contributed by atoms with van der Waals surface area (Å²) in [5, 5.41) is 9.69. The lowest BCUT2D eigenvalue weighted by molar-refractivity contribution is -0.104. The first-order valence-electron chi connectivity index (χ1n) is 4.90. The summed E-state index contributed by atoms with van der Waals surface area (Å²) in [5.41, 5.74) is 0.949. The van der Waals surface area contributed by atoms with Crippen LogP contribution in [0.5, 0.6) is 0 Å². The van der Waals surface area contributed by atoms with E-state index in [1.54, 1.807) is 0 Å². The Balaban J connectivity index is 3.90. The largest absolute Gasteiger partial charge is 0.393 e. The molecule has 2 atom stereocenters. The average molecular weight is 184 g/mol. The van der Waals surface area contributed by atoms with Gasteiger partial charge in [0.25, 0.3) is 0 Å². The van der Waals surface area contributed by atoms with Gasteiger partial charge in [-0.05, 0) is 31.8 Å². The Kier molecular flexibility index (Phi) is 6.51. The lowest BCUT2D eigenvalue weighted by Crippen LogP contribution is -2.17. The second-order valence-electron chi connectivity index (χ2n) is 3.69. The monoisotopic (exact) mass is 184 g/mol. The SMILES string of the molecule is CCCC(C)C(O)C/C(C)=C/C=O. The summed E-state index contributed by atoms with van der Waals surface area (Å²) in [7, 11) is 0. The Hall–Kier alpha value is -0.630. The van der Waals surface area contributed by atoms with Crippen LogP contribution in [0, 0.1) is 5.92 Å². The molecule has 76 valence electrons. The van der Waals surface area contributed by atoms with Gasteiger partial charge < -0.3 is 5.11 Å². The van der Waals surface area contributed by atoms with Crippen molar-refractivity contribution in [2.75, 3.05) is 0 Å². The quantitative estimate of drug-likeness (QED) is 0.508. The molecule has 0 aromatic heterocycles. The van der Waals surface area contributed by atoms with E-state index in [4.69, 9.17) is 0 Å². The molecule has 0 rings (SSSR count). The summed E-state index contributed by atoms with van der Waals surface area (Å²) in [6.45, 7) is 6.02. The Morgan fingerprint density at radius 3 is 2.62 bits per heavy atom. The summed E-state index contributed by atoms with van der Waals surface area (Å²) in [4.78, 5) is 10.1. The average Bonchev–Trinajstić information content (AvgIpc) is 2.05. The minimum Gasteiger partial charge on any atom is -0.393 e. The van der Waals surface area contributed by atoms with Crippen LogP contribution in [0.2, 0.25) is 0 Å². The number of allylic oxidation sites excluding steroid dienone is 1. The molecule has 13 heavy (non-hydrogen) atoms. The summed E-state index contributed by atoms with van der Waals surface area (Å²) in [6.07, 6.45) is 4.72. The van der Waals surface area contributed by atoms with E-state index in [1.807, 2.05) is 13.8 Å². The number of rotatable bonds is 6. The third kappa shape index (κ3) is 5.58. The van der Waals surface area contributed by atoms with Gasteiger partial charge in [0, 0.05) is 0 Å². The first kappa shape index (κ1) is 12.4. The fourth-order valence-electron chi connectivity index (χ4n) is 1.36. The molecule has 2 nitrogen and oxygen atoms in total. The number of carbonyl (C=O) groups is 1. The van der Waals surface area contributed by atoms with Crippen LogP contribution in [0.3, 0.4) is 0 Å². The zero-order chi connectivity index (χ0) is 10.3. The van der Waals surface area contributed by atoms with E-state index >= 15 is 0 Å². The van der Waals surface area contributed by atoms with Crippen molar-refractivity contribution >= 4 is 6.29 Å². The minimum atomic E-state index is -0.309. The molecule has 2 unspecified atom stereocenters. The van der Waals surface area contributed by atoms with Crippen molar-refractivity contribution in [1.82, 2.24) is 0 Å². The molecule has 0 saturated carbocycles. The lowest BCUT2D eigenvalue weighted by Gasteiger charge is -2.17. The van der Waals surface area contributed by atoms with Gasteiger partial charge in [-0.1, -0.05) is 25.8 Å². The molecular weight excluding hydrogens is 164 g/mol. The Bertz CT molecular complexity index is 173. The van der Waals surface area contributed by atoms with Crippen LogP contribution in [0.25, 0.3) is 0 Å². The van der Waals surface area contributed by atoms with E-state index in [1.165, 1.54) is 6.08 Å². The standard InChI is InChI=1S/C11H20O2/c1-4-5-10(3)11(13)8-9(2)6-7-12/h6-7,10-11,13H,4-5,8H2,1-3H3/b9-6+. The maximum Gasteiger partial charge on any atom is 0.142 e. The molecule has 0 radical (unpaired) electrons. The van der Waals surface area contributed by atoms with Crippen molar-refractivity contribution in [3.63, 3.8) is 0 Å². The van der Waals surface area contributed by atoms with E-state index < -0.39 is 0 Å². The van der Waals surface area contributed by atoms with Gasteiger partial charge in [-0.25, -0.2) is 0 Å². The second-order valence-corrected chi connectivity index (χ2v) is 3.69. The maximum atomic E-state index is 10.1. The minimum absolute atomic E-state index is 0.309. The van der Waals surface area contributed by atoms with Gasteiger partial charge in [0.1, 0.15) is 6.29 Å². The smallest absolute Gasteiger partial charge is 0.142 e. The van der Waals surface area contributed by atoms with Crippen LogP contribution >= 0.6 is 0 Å².